The van der Waals surface area contributed by atoms with E-state index in [2.05, 4.69) is 18.7 Å². The fraction of sp³-hybridized carbons (Fsp3) is 1.00. The molecule has 4 heteroatoms. The third kappa shape index (κ3) is 8.43. The number of hydrogen-bond acceptors (Lipinski definition) is 3. The molecule has 0 radical (unpaired) electrons. The van der Waals surface area contributed by atoms with Gasteiger partial charge in [-0.1, -0.05) is 0 Å². The van der Waals surface area contributed by atoms with Gasteiger partial charge in [0.25, 0.3) is 0 Å². The first kappa shape index (κ1) is 16.3. The van der Waals surface area contributed by atoms with E-state index < -0.39 is 13.8 Å². The van der Waals surface area contributed by atoms with Crippen LogP contribution in [0.4, 0.5) is 0 Å². The van der Waals surface area contributed by atoms with Gasteiger partial charge >= 0.3 is 103 Å². The van der Waals surface area contributed by atoms with E-state index >= 15 is 0 Å². The molecule has 0 atom stereocenters. The Bertz CT molecular complexity index is 195. The number of hydrogen-bond donors (Lipinski definition) is 0. The Labute approximate surface area is 104 Å². The number of rotatable bonds is 10. The van der Waals surface area contributed by atoms with E-state index in [1.807, 2.05) is 14.1 Å². The summed E-state index contributed by atoms with van der Waals surface area (Å²) >= 11 is -2.99. The Balaban J connectivity index is 4.02. The summed E-state index contributed by atoms with van der Waals surface area (Å²) in [5.41, 5.74) is 0. The molecule has 0 amide bonds. The molecule has 0 aromatic heterocycles. The average molecular weight is 293 g/mol. The van der Waals surface area contributed by atoms with E-state index in [9.17, 15) is 3.74 Å². The Morgan fingerprint density at radius 3 is 1.94 bits per heavy atom. The first-order valence-corrected chi connectivity index (χ1v) is 10.6. The Morgan fingerprint density at radius 1 is 1.06 bits per heavy atom. The van der Waals surface area contributed by atoms with Crippen LogP contribution >= 0.6 is 0 Å². The van der Waals surface area contributed by atoms with Gasteiger partial charge < -0.3 is 0 Å². The van der Waals surface area contributed by atoms with Gasteiger partial charge in [-0.25, -0.2) is 0 Å². The maximum atomic E-state index is 12.5. The van der Waals surface area contributed by atoms with Crippen molar-refractivity contribution in [3.05, 3.63) is 0 Å². The van der Waals surface area contributed by atoms with Crippen molar-refractivity contribution in [3.8, 4) is 0 Å². The minimum absolute atomic E-state index is 0.622. The molecular formula is C12H28AsNO2. The summed E-state index contributed by atoms with van der Waals surface area (Å²) < 4.78 is 18.3. The molecule has 0 heterocycles. The van der Waals surface area contributed by atoms with Crippen molar-refractivity contribution >= 4 is 13.8 Å². The second-order valence-electron chi connectivity index (χ2n) is 4.61. The molecule has 0 bridgehead atoms. The Morgan fingerprint density at radius 2 is 1.56 bits per heavy atom. The van der Waals surface area contributed by atoms with Gasteiger partial charge in [0.15, 0.2) is 0 Å². The van der Waals surface area contributed by atoms with Gasteiger partial charge in [0.05, 0.1) is 0 Å². The summed E-state index contributed by atoms with van der Waals surface area (Å²) in [5, 5.41) is 1.64. The standard InChI is InChI=1S/C12H28AsNO2/c1-5-7-9-13(15,10-8-6-2)16-12-11-14(3)4/h5-12H2,1-4H3. The van der Waals surface area contributed by atoms with Crippen molar-refractivity contribution in [2.24, 2.45) is 0 Å². The van der Waals surface area contributed by atoms with Crippen LogP contribution in [0.1, 0.15) is 39.5 Å². The predicted octanol–water partition coefficient (Wildman–Crippen LogP) is 3.04. The van der Waals surface area contributed by atoms with E-state index in [4.69, 9.17) is 3.73 Å². The third-order valence-electron chi connectivity index (χ3n) is 2.57. The van der Waals surface area contributed by atoms with Crippen LogP contribution in [0.5, 0.6) is 0 Å². The van der Waals surface area contributed by atoms with Crippen molar-refractivity contribution in [3.63, 3.8) is 0 Å². The zero-order valence-corrected chi connectivity index (χ0v) is 13.2. The molecule has 0 saturated carbocycles. The molecule has 0 unspecified atom stereocenters. The SMILES string of the molecule is CCCC[As](=O)(CCCC)OCCN(C)C. The molecule has 98 valence electrons. The van der Waals surface area contributed by atoms with Crippen molar-refractivity contribution in [2.75, 3.05) is 27.2 Å². The Kier molecular flexibility index (Phi) is 9.49. The topological polar surface area (TPSA) is 29.5 Å². The van der Waals surface area contributed by atoms with Crippen LogP contribution in [0.3, 0.4) is 0 Å². The second-order valence-corrected chi connectivity index (χ2v) is 10.4. The molecule has 3 nitrogen and oxygen atoms in total. The first-order valence-electron chi connectivity index (χ1n) is 6.41. The summed E-state index contributed by atoms with van der Waals surface area (Å²) in [5.74, 6) is 0. The fourth-order valence-electron chi connectivity index (χ4n) is 1.43. The van der Waals surface area contributed by atoms with Crippen LogP contribution in [0.2, 0.25) is 10.4 Å². The predicted molar refractivity (Wildman–Crippen MR) is 70.4 cm³/mol. The summed E-state index contributed by atoms with van der Waals surface area (Å²) in [4.78, 5) is 2.07. The molecule has 0 saturated heterocycles. The van der Waals surface area contributed by atoms with Gasteiger partial charge in [-0.05, 0) is 0 Å². The normalized spacial score (nSPS) is 12.3. The number of likely N-dealkylation sites (N-methyl/N-ethyl adjacent to an activating group) is 1. The van der Waals surface area contributed by atoms with Crippen LogP contribution < -0.4 is 0 Å². The zero-order chi connectivity index (χ0) is 12.4. The van der Waals surface area contributed by atoms with Gasteiger partial charge in [0.2, 0.25) is 0 Å². The maximum absolute atomic E-state index is 12.5. The minimum atomic E-state index is -2.99. The van der Waals surface area contributed by atoms with E-state index in [1.54, 1.807) is 0 Å². The van der Waals surface area contributed by atoms with Crippen LogP contribution in [0, 0.1) is 0 Å². The van der Waals surface area contributed by atoms with E-state index in [0.29, 0.717) is 6.61 Å². The van der Waals surface area contributed by atoms with Gasteiger partial charge in [0.1, 0.15) is 0 Å². The molecule has 0 spiro atoms. The first-order chi connectivity index (χ1) is 7.54. The van der Waals surface area contributed by atoms with Crippen LogP contribution in [0.25, 0.3) is 0 Å². The second kappa shape index (κ2) is 9.32. The fourth-order valence-corrected chi connectivity index (χ4v) is 6.66. The van der Waals surface area contributed by atoms with E-state index in [-0.39, 0.29) is 0 Å². The van der Waals surface area contributed by atoms with Crippen LogP contribution in [-0.4, -0.2) is 46.0 Å². The molecule has 0 N–H and O–H groups in total. The summed E-state index contributed by atoms with van der Waals surface area (Å²) in [6, 6.07) is 0. The molecule has 16 heavy (non-hydrogen) atoms. The number of unbranched alkanes of at least 4 members (excludes halogenated alkanes) is 2. The molecule has 0 aromatic carbocycles. The van der Waals surface area contributed by atoms with E-state index in [0.717, 1.165) is 42.6 Å². The molecule has 0 aromatic rings. The van der Waals surface area contributed by atoms with Crippen molar-refractivity contribution in [1.82, 2.24) is 4.90 Å². The molecule has 0 aliphatic rings. The van der Waals surface area contributed by atoms with Gasteiger partial charge in [-0.2, -0.15) is 0 Å². The molecule has 0 fully saturated rings. The monoisotopic (exact) mass is 293 g/mol. The summed E-state index contributed by atoms with van der Waals surface area (Å²) in [6.45, 7) is 5.76. The van der Waals surface area contributed by atoms with Crippen LogP contribution in [0.15, 0.2) is 0 Å². The molecule has 0 aliphatic heterocycles. The average Bonchev–Trinajstić information content (AvgIpc) is 2.23. The van der Waals surface area contributed by atoms with Crippen molar-refractivity contribution < 1.29 is 7.47 Å². The summed E-state index contributed by atoms with van der Waals surface area (Å²) in [6.07, 6.45) is 4.30. The van der Waals surface area contributed by atoms with Crippen molar-refractivity contribution in [2.45, 2.75) is 49.9 Å². The molecule has 0 rings (SSSR count). The van der Waals surface area contributed by atoms with Gasteiger partial charge in [-0.3, -0.25) is 0 Å². The molecule has 0 aliphatic carbocycles. The number of nitrogens with zero attached hydrogens (tertiary/aromatic N) is 1. The Hall–Kier alpha value is 0.278. The van der Waals surface area contributed by atoms with Crippen molar-refractivity contribution in [1.29, 1.82) is 0 Å². The third-order valence-corrected chi connectivity index (χ3v) is 8.13. The molecular weight excluding hydrogens is 265 g/mol. The van der Waals surface area contributed by atoms with Crippen LogP contribution in [-0.2, 0) is 7.47 Å². The van der Waals surface area contributed by atoms with Gasteiger partial charge in [0, 0.05) is 0 Å². The zero-order valence-electron chi connectivity index (χ0n) is 11.4. The van der Waals surface area contributed by atoms with E-state index in [1.165, 1.54) is 0 Å². The summed E-state index contributed by atoms with van der Waals surface area (Å²) in [7, 11) is 4.03. The van der Waals surface area contributed by atoms with Gasteiger partial charge in [-0.15, -0.1) is 0 Å². The quantitative estimate of drug-likeness (QED) is 0.580.